The van der Waals surface area contributed by atoms with Gasteiger partial charge in [0.15, 0.2) is 5.65 Å². The van der Waals surface area contributed by atoms with Crippen LogP contribution in [0.2, 0.25) is 0 Å². The molecule has 140 valence electrons. The van der Waals surface area contributed by atoms with Crippen molar-refractivity contribution < 1.29 is 9.72 Å². The van der Waals surface area contributed by atoms with Crippen LogP contribution in [0.1, 0.15) is 42.6 Å². The van der Waals surface area contributed by atoms with Crippen LogP contribution in [-0.4, -0.2) is 46.2 Å². The van der Waals surface area contributed by atoms with Crippen molar-refractivity contribution >= 4 is 17.4 Å². The minimum absolute atomic E-state index is 0.168. The quantitative estimate of drug-likeness (QED) is 0.543. The lowest BCUT2D eigenvalue weighted by Crippen LogP contribution is -2.36. The Hall–Kier alpha value is -3.37. The van der Waals surface area contributed by atoms with Crippen molar-refractivity contribution in [1.29, 1.82) is 0 Å². The second kappa shape index (κ2) is 6.74. The Labute approximate surface area is 153 Å². The van der Waals surface area contributed by atoms with Gasteiger partial charge < -0.3 is 15.4 Å². The first kappa shape index (κ1) is 17.1. The molecule has 0 aromatic carbocycles. The summed E-state index contributed by atoms with van der Waals surface area (Å²) in [4.78, 5) is 27.1. The third kappa shape index (κ3) is 3.11. The second-order valence-corrected chi connectivity index (χ2v) is 6.58. The molecule has 27 heavy (non-hydrogen) atoms. The topological polar surface area (TPSA) is 133 Å². The Morgan fingerprint density at radius 2 is 2.00 bits per heavy atom. The zero-order valence-corrected chi connectivity index (χ0v) is 14.7. The summed E-state index contributed by atoms with van der Waals surface area (Å²) in [5.41, 5.74) is 0.655. The lowest BCUT2D eigenvalue weighted by molar-refractivity contribution is -0.391. The highest BCUT2D eigenvalue weighted by Gasteiger charge is 2.24. The van der Waals surface area contributed by atoms with Crippen molar-refractivity contribution in [3.8, 4) is 11.6 Å². The molecule has 3 aromatic rings. The molecule has 11 heteroatoms. The Bertz CT molecular complexity index is 1020. The predicted octanol–water partition coefficient (Wildman–Crippen LogP) is 1.50. The van der Waals surface area contributed by atoms with E-state index in [1.165, 1.54) is 22.6 Å². The zero-order chi connectivity index (χ0) is 19.0. The Balaban J connectivity index is 1.67. The van der Waals surface area contributed by atoms with Gasteiger partial charge in [-0.25, -0.2) is 9.55 Å². The van der Waals surface area contributed by atoms with Crippen LogP contribution in [0.4, 0.5) is 5.82 Å². The maximum atomic E-state index is 12.5. The summed E-state index contributed by atoms with van der Waals surface area (Å²) < 4.78 is 2.68. The first-order chi connectivity index (χ1) is 13.0. The molecule has 0 bridgehead atoms. The van der Waals surface area contributed by atoms with Crippen LogP contribution in [-0.2, 0) is 7.05 Å². The summed E-state index contributed by atoms with van der Waals surface area (Å²) in [7, 11) is 1.52. The van der Waals surface area contributed by atoms with E-state index in [0.29, 0.717) is 5.65 Å². The van der Waals surface area contributed by atoms with Gasteiger partial charge in [-0.3, -0.25) is 4.79 Å². The highest BCUT2D eigenvalue weighted by molar-refractivity contribution is 5.92. The number of hydrogen-bond donors (Lipinski definition) is 1. The van der Waals surface area contributed by atoms with Gasteiger partial charge in [0.1, 0.15) is 11.9 Å². The van der Waals surface area contributed by atoms with E-state index in [4.69, 9.17) is 0 Å². The van der Waals surface area contributed by atoms with E-state index < -0.39 is 4.92 Å². The third-order valence-corrected chi connectivity index (χ3v) is 4.79. The molecule has 0 aliphatic heterocycles. The van der Waals surface area contributed by atoms with Crippen LogP contribution in [0, 0.1) is 10.1 Å². The summed E-state index contributed by atoms with van der Waals surface area (Å²) in [5, 5.41) is 26.4. The smallest absolute Gasteiger partial charge is 0.343 e. The average Bonchev–Trinajstić information content (AvgIpc) is 3.25. The van der Waals surface area contributed by atoms with E-state index in [1.54, 1.807) is 12.1 Å². The molecular weight excluding hydrogens is 352 g/mol. The highest BCUT2D eigenvalue weighted by Crippen LogP contribution is 2.21. The van der Waals surface area contributed by atoms with Crippen LogP contribution < -0.4 is 5.32 Å². The first-order valence-corrected chi connectivity index (χ1v) is 8.74. The van der Waals surface area contributed by atoms with Gasteiger partial charge in [0.05, 0.1) is 7.05 Å². The minimum Gasteiger partial charge on any atom is -0.358 e. The number of nitrogens with one attached hydrogen (secondary N) is 1. The molecule has 3 aromatic heterocycles. The van der Waals surface area contributed by atoms with E-state index in [-0.39, 0.29) is 35.1 Å². The van der Waals surface area contributed by atoms with E-state index in [9.17, 15) is 14.9 Å². The second-order valence-electron chi connectivity index (χ2n) is 6.58. The van der Waals surface area contributed by atoms with E-state index in [2.05, 4.69) is 25.6 Å². The molecular formula is C16H18N8O3. The van der Waals surface area contributed by atoms with Gasteiger partial charge in [-0.2, -0.15) is 9.61 Å². The van der Waals surface area contributed by atoms with Gasteiger partial charge in [0.25, 0.3) is 11.7 Å². The summed E-state index contributed by atoms with van der Waals surface area (Å²) >= 11 is 0. The van der Waals surface area contributed by atoms with Crippen LogP contribution >= 0.6 is 0 Å². The monoisotopic (exact) mass is 370 g/mol. The standard InChI is InChI=1S/C16H18N8O3/c1-22-13(24(26)27)9-17-14(22)15-20-19-12-8-7-11(21-23(12)15)16(25)18-10-5-3-2-4-6-10/h7-10H,2-6H2,1H3,(H,18,25). The summed E-state index contributed by atoms with van der Waals surface area (Å²) in [6.45, 7) is 0. The number of fused-ring (bicyclic) bond motifs is 1. The van der Waals surface area contributed by atoms with Gasteiger partial charge in [-0.1, -0.05) is 19.3 Å². The van der Waals surface area contributed by atoms with E-state index in [1.807, 2.05) is 0 Å². The minimum atomic E-state index is -0.532. The number of rotatable bonds is 4. The van der Waals surface area contributed by atoms with E-state index in [0.717, 1.165) is 31.9 Å². The number of nitrogens with zero attached hydrogens (tertiary/aromatic N) is 7. The van der Waals surface area contributed by atoms with Gasteiger partial charge in [0, 0.05) is 6.04 Å². The average molecular weight is 370 g/mol. The number of carbonyl (C=O) groups is 1. The van der Waals surface area contributed by atoms with Crippen molar-refractivity contribution in [1.82, 2.24) is 34.7 Å². The van der Waals surface area contributed by atoms with Gasteiger partial charge in [-0.15, -0.1) is 10.2 Å². The Kier molecular flexibility index (Phi) is 4.26. The fourth-order valence-electron chi connectivity index (χ4n) is 3.33. The molecule has 1 saturated carbocycles. The molecule has 3 heterocycles. The number of amides is 1. The zero-order valence-electron chi connectivity index (χ0n) is 14.7. The molecule has 4 rings (SSSR count). The maximum Gasteiger partial charge on any atom is 0.343 e. The largest absolute Gasteiger partial charge is 0.358 e. The summed E-state index contributed by atoms with van der Waals surface area (Å²) in [6, 6.07) is 3.39. The molecule has 1 fully saturated rings. The fourth-order valence-corrected chi connectivity index (χ4v) is 3.33. The molecule has 0 spiro atoms. The predicted molar refractivity (Wildman–Crippen MR) is 94.0 cm³/mol. The maximum absolute atomic E-state index is 12.5. The Morgan fingerprint density at radius 3 is 2.70 bits per heavy atom. The third-order valence-electron chi connectivity index (χ3n) is 4.79. The summed E-state index contributed by atoms with van der Waals surface area (Å²) in [6.07, 6.45) is 6.54. The van der Waals surface area contributed by atoms with Crippen LogP contribution in [0.3, 0.4) is 0 Å². The van der Waals surface area contributed by atoms with Crippen LogP contribution in [0.25, 0.3) is 17.3 Å². The summed E-state index contributed by atoms with van der Waals surface area (Å²) in [5.74, 6) is 0.0432. The number of aromatic nitrogens is 6. The van der Waals surface area contributed by atoms with Crippen molar-refractivity contribution in [3.05, 3.63) is 34.1 Å². The molecule has 0 saturated heterocycles. The van der Waals surface area contributed by atoms with Gasteiger partial charge in [-0.05, 0) is 29.9 Å². The van der Waals surface area contributed by atoms with E-state index >= 15 is 0 Å². The molecule has 1 N–H and O–H groups in total. The first-order valence-electron chi connectivity index (χ1n) is 8.74. The molecule has 0 radical (unpaired) electrons. The van der Waals surface area contributed by atoms with Crippen molar-refractivity contribution in [2.24, 2.45) is 7.05 Å². The number of nitro groups is 1. The lowest BCUT2D eigenvalue weighted by atomic mass is 9.95. The Morgan fingerprint density at radius 1 is 1.22 bits per heavy atom. The number of carbonyl (C=O) groups excluding carboxylic acids is 1. The van der Waals surface area contributed by atoms with Crippen molar-refractivity contribution in [2.45, 2.75) is 38.1 Å². The molecule has 1 aliphatic rings. The molecule has 0 unspecified atom stereocenters. The van der Waals surface area contributed by atoms with Crippen molar-refractivity contribution in [3.63, 3.8) is 0 Å². The van der Waals surface area contributed by atoms with Gasteiger partial charge >= 0.3 is 5.82 Å². The van der Waals surface area contributed by atoms with Crippen molar-refractivity contribution in [2.75, 3.05) is 0 Å². The molecule has 1 aliphatic carbocycles. The fraction of sp³-hybridized carbons (Fsp3) is 0.438. The normalized spacial score (nSPS) is 15.1. The molecule has 11 nitrogen and oxygen atoms in total. The van der Waals surface area contributed by atoms with Gasteiger partial charge in [0.2, 0.25) is 5.82 Å². The van der Waals surface area contributed by atoms with Crippen LogP contribution in [0.15, 0.2) is 18.3 Å². The SMILES string of the molecule is Cn1c([N+](=O)[O-])cnc1-c1nnc2ccc(C(=O)NC3CCCCC3)nn12. The van der Waals surface area contributed by atoms with Crippen LogP contribution in [0.5, 0.6) is 0 Å². The molecule has 0 atom stereocenters. The molecule has 1 amide bonds. The lowest BCUT2D eigenvalue weighted by Gasteiger charge is -2.22. The number of hydrogen-bond acceptors (Lipinski definition) is 7. The number of imidazole rings is 1. The highest BCUT2D eigenvalue weighted by atomic mass is 16.6.